The van der Waals surface area contributed by atoms with E-state index in [2.05, 4.69) is 16.4 Å². The Kier molecular flexibility index (Phi) is 6.31. The number of rotatable bonds is 7. The number of carbonyl (C=O) groups is 1. The minimum Gasteiger partial charge on any atom is -0.494 e. The number of ether oxygens (including phenoxy) is 2. The van der Waals surface area contributed by atoms with Gasteiger partial charge in [-0.2, -0.15) is 0 Å². The highest BCUT2D eigenvalue weighted by Crippen LogP contribution is 2.27. The standard InChI is InChI=1S/C22H24N2O3S/c1-5-26-18-10-8-17(9-11-18)19-13-28-22(23-19)24-20(25)12-27-21-15(3)7-6-14(2)16(21)4/h6-11,13H,5,12H2,1-4H3,(H,23,24,25). The summed E-state index contributed by atoms with van der Waals surface area (Å²) in [4.78, 5) is 16.8. The van der Waals surface area contributed by atoms with Crippen molar-refractivity contribution in [3.8, 4) is 22.8 Å². The second kappa shape index (κ2) is 8.89. The van der Waals surface area contributed by atoms with Gasteiger partial charge in [0.25, 0.3) is 5.91 Å². The number of aromatic nitrogens is 1. The summed E-state index contributed by atoms with van der Waals surface area (Å²) < 4.78 is 11.2. The van der Waals surface area contributed by atoms with Crippen LogP contribution in [0, 0.1) is 20.8 Å². The van der Waals surface area contributed by atoms with Gasteiger partial charge in [0.15, 0.2) is 11.7 Å². The first kappa shape index (κ1) is 19.9. The molecule has 0 saturated carbocycles. The lowest BCUT2D eigenvalue weighted by atomic mass is 10.1. The summed E-state index contributed by atoms with van der Waals surface area (Å²) in [6, 6.07) is 11.8. The highest BCUT2D eigenvalue weighted by atomic mass is 32.1. The van der Waals surface area contributed by atoms with E-state index in [0.29, 0.717) is 11.7 Å². The molecule has 0 saturated heterocycles. The molecular weight excluding hydrogens is 372 g/mol. The number of hydrogen-bond acceptors (Lipinski definition) is 5. The van der Waals surface area contributed by atoms with Gasteiger partial charge in [0, 0.05) is 10.9 Å². The maximum absolute atomic E-state index is 12.3. The molecule has 6 heteroatoms. The number of aryl methyl sites for hydroxylation is 2. The Morgan fingerprint density at radius 3 is 2.46 bits per heavy atom. The first-order chi connectivity index (χ1) is 13.5. The van der Waals surface area contributed by atoms with Crippen LogP contribution in [0.3, 0.4) is 0 Å². The van der Waals surface area contributed by atoms with Crippen molar-refractivity contribution < 1.29 is 14.3 Å². The topological polar surface area (TPSA) is 60.5 Å². The second-order valence-electron chi connectivity index (χ2n) is 6.49. The van der Waals surface area contributed by atoms with Crippen LogP contribution in [0.25, 0.3) is 11.3 Å². The summed E-state index contributed by atoms with van der Waals surface area (Å²) >= 11 is 1.39. The zero-order valence-corrected chi connectivity index (χ0v) is 17.4. The van der Waals surface area contributed by atoms with Crippen LogP contribution in [-0.2, 0) is 4.79 Å². The summed E-state index contributed by atoms with van der Waals surface area (Å²) in [5, 5.41) is 5.28. The number of nitrogens with one attached hydrogen (secondary N) is 1. The van der Waals surface area contributed by atoms with E-state index in [1.54, 1.807) is 0 Å². The lowest BCUT2D eigenvalue weighted by molar-refractivity contribution is -0.118. The quantitative estimate of drug-likeness (QED) is 0.600. The van der Waals surface area contributed by atoms with Gasteiger partial charge in [-0.15, -0.1) is 11.3 Å². The van der Waals surface area contributed by atoms with Gasteiger partial charge in [-0.25, -0.2) is 4.98 Å². The molecule has 0 atom stereocenters. The smallest absolute Gasteiger partial charge is 0.264 e. The molecule has 28 heavy (non-hydrogen) atoms. The van der Waals surface area contributed by atoms with Gasteiger partial charge in [-0.05, 0) is 68.7 Å². The van der Waals surface area contributed by atoms with Crippen molar-refractivity contribution in [1.82, 2.24) is 4.98 Å². The van der Waals surface area contributed by atoms with Crippen molar-refractivity contribution in [2.75, 3.05) is 18.5 Å². The molecule has 0 fully saturated rings. The molecule has 0 aliphatic heterocycles. The van der Waals surface area contributed by atoms with E-state index in [4.69, 9.17) is 9.47 Å². The number of nitrogens with zero attached hydrogens (tertiary/aromatic N) is 1. The molecule has 1 amide bonds. The van der Waals surface area contributed by atoms with Gasteiger partial charge in [0.2, 0.25) is 0 Å². The number of hydrogen-bond donors (Lipinski definition) is 1. The summed E-state index contributed by atoms with van der Waals surface area (Å²) in [5.41, 5.74) is 5.00. The van der Waals surface area contributed by atoms with Crippen LogP contribution in [0.2, 0.25) is 0 Å². The van der Waals surface area contributed by atoms with Crippen molar-refractivity contribution in [2.24, 2.45) is 0 Å². The van der Waals surface area contributed by atoms with Crippen LogP contribution in [-0.4, -0.2) is 24.1 Å². The fourth-order valence-corrected chi connectivity index (χ4v) is 3.53. The van der Waals surface area contributed by atoms with Crippen molar-refractivity contribution in [3.05, 3.63) is 58.5 Å². The number of thiazole rings is 1. The first-order valence-electron chi connectivity index (χ1n) is 9.16. The molecule has 1 aromatic heterocycles. The lowest BCUT2D eigenvalue weighted by Gasteiger charge is -2.13. The third kappa shape index (κ3) is 4.70. The SMILES string of the molecule is CCOc1ccc(-c2csc(NC(=O)COc3c(C)ccc(C)c3C)n2)cc1. The lowest BCUT2D eigenvalue weighted by Crippen LogP contribution is -2.20. The van der Waals surface area contributed by atoms with Crippen molar-refractivity contribution >= 4 is 22.4 Å². The van der Waals surface area contributed by atoms with E-state index in [1.165, 1.54) is 11.3 Å². The normalized spacial score (nSPS) is 10.6. The molecule has 1 N–H and O–H groups in total. The maximum Gasteiger partial charge on any atom is 0.264 e. The number of benzene rings is 2. The van der Waals surface area contributed by atoms with Crippen molar-refractivity contribution in [2.45, 2.75) is 27.7 Å². The fraction of sp³-hybridized carbons (Fsp3) is 0.273. The second-order valence-corrected chi connectivity index (χ2v) is 7.34. The third-order valence-corrected chi connectivity index (χ3v) is 5.19. The average Bonchev–Trinajstić information content (AvgIpc) is 3.14. The molecule has 0 bridgehead atoms. The Morgan fingerprint density at radius 1 is 1.04 bits per heavy atom. The third-order valence-electron chi connectivity index (χ3n) is 4.43. The number of amides is 1. The molecule has 3 aromatic rings. The molecule has 0 radical (unpaired) electrons. The zero-order chi connectivity index (χ0) is 20.1. The molecule has 0 spiro atoms. The van der Waals surface area contributed by atoms with Crippen LogP contribution in [0.15, 0.2) is 41.8 Å². The summed E-state index contributed by atoms with van der Waals surface area (Å²) in [6.07, 6.45) is 0. The molecule has 0 aliphatic carbocycles. The Hall–Kier alpha value is -2.86. The van der Waals surface area contributed by atoms with E-state index in [-0.39, 0.29) is 12.5 Å². The molecular formula is C22H24N2O3S. The van der Waals surface area contributed by atoms with Gasteiger partial charge in [0.1, 0.15) is 11.5 Å². The maximum atomic E-state index is 12.3. The van der Waals surface area contributed by atoms with Crippen molar-refractivity contribution in [1.29, 1.82) is 0 Å². The van der Waals surface area contributed by atoms with Crippen LogP contribution in [0.1, 0.15) is 23.6 Å². The van der Waals surface area contributed by atoms with Crippen LogP contribution >= 0.6 is 11.3 Å². The molecule has 0 unspecified atom stereocenters. The molecule has 2 aromatic carbocycles. The molecule has 3 rings (SSSR count). The van der Waals surface area contributed by atoms with Gasteiger partial charge in [-0.1, -0.05) is 12.1 Å². The van der Waals surface area contributed by atoms with Gasteiger partial charge >= 0.3 is 0 Å². The number of anilines is 1. The van der Waals surface area contributed by atoms with E-state index in [0.717, 1.165) is 39.4 Å². The summed E-state index contributed by atoms with van der Waals surface area (Å²) in [7, 11) is 0. The predicted octanol–water partition coefficient (Wildman–Crippen LogP) is 5.15. The number of carbonyl (C=O) groups excluding carboxylic acids is 1. The Labute approximate surface area is 169 Å². The summed E-state index contributed by atoms with van der Waals surface area (Å²) in [6.45, 7) is 8.54. The largest absolute Gasteiger partial charge is 0.494 e. The van der Waals surface area contributed by atoms with E-state index in [9.17, 15) is 4.79 Å². The van der Waals surface area contributed by atoms with E-state index >= 15 is 0 Å². The Morgan fingerprint density at radius 2 is 1.75 bits per heavy atom. The van der Waals surface area contributed by atoms with Gasteiger partial charge < -0.3 is 9.47 Å². The van der Waals surface area contributed by atoms with Crippen molar-refractivity contribution in [3.63, 3.8) is 0 Å². The highest BCUT2D eigenvalue weighted by molar-refractivity contribution is 7.14. The molecule has 1 heterocycles. The van der Waals surface area contributed by atoms with Crippen LogP contribution in [0.5, 0.6) is 11.5 Å². The minimum absolute atomic E-state index is 0.0525. The average molecular weight is 397 g/mol. The monoisotopic (exact) mass is 396 g/mol. The molecule has 146 valence electrons. The van der Waals surface area contributed by atoms with Crippen LogP contribution in [0.4, 0.5) is 5.13 Å². The van der Waals surface area contributed by atoms with Gasteiger partial charge in [0.05, 0.1) is 12.3 Å². The Balaban J connectivity index is 1.60. The van der Waals surface area contributed by atoms with Gasteiger partial charge in [-0.3, -0.25) is 10.1 Å². The molecule has 0 aliphatic rings. The predicted molar refractivity (Wildman–Crippen MR) is 113 cm³/mol. The van der Waals surface area contributed by atoms with E-state index < -0.39 is 0 Å². The van der Waals surface area contributed by atoms with E-state index in [1.807, 2.05) is 63.4 Å². The molecule has 5 nitrogen and oxygen atoms in total. The minimum atomic E-state index is -0.229. The Bertz CT molecular complexity index is 964. The highest BCUT2D eigenvalue weighted by Gasteiger charge is 2.12. The summed E-state index contributed by atoms with van der Waals surface area (Å²) in [5.74, 6) is 1.37. The first-order valence-corrected chi connectivity index (χ1v) is 10.0. The van der Waals surface area contributed by atoms with Crippen LogP contribution < -0.4 is 14.8 Å². The fourth-order valence-electron chi connectivity index (χ4n) is 2.79. The zero-order valence-electron chi connectivity index (χ0n) is 16.5.